The zero-order chi connectivity index (χ0) is 23.5. The van der Waals surface area contributed by atoms with E-state index in [-0.39, 0.29) is 25.4 Å². The molecule has 1 atom stereocenters. The van der Waals surface area contributed by atoms with Crippen LogP contribution in [0.1, 0.15) is 49.7 Å². The minimum Gasteiger partial charge on any atom is -0.508 e. The monoisotopic (exact) mass is 453 g/mol. The first kappa shape index (κ1) is 22.9. The van der Waals surface area contributed by atoms with Gasteiger partial charge in [-0.25, -0.2) is 4.39 Å². The highest BCUT2D eigenvalue weighted by Gasteiger charge is 2.28. The summed E-state index contributed by atoms with van der Waals surface area (Å²) >= 11 is 0. The minimum atomic E-state index is -0.804. The maximum atomic E-state index is 13.8. The number of phenols is 1. The fourth-order valence-corrected chi connectivity index (χ4v) is 4.32. The number of carbonyl (C=O) groups is 1. The van der Waals surface area contributed by atoms with Crippen LogP contribution in [0.15, 0.2) is 24.3 Å². The number of rotatable bonds is 4. The molecule has 33 heavy (non-hydrogen) atoms. The molecular formula is C26H32FN3O3. The van der Waals surface area contributed by atoms with Gasteiger partial charge in [0.05, 0.1) is 24.5 Å². The minimum absolute atomic E-state index is 0. The molecule has 1 heterocycles. The van der Waals surface area contributed by atoms with Gasteiger partial charge in [-0.05, 0) is 63.0 Å². The lowest BCUT2D eigenvalue weighted by Crippen LogP contribution is -2.41. The Morgan fingerprint density at radius 1 is 1.30 bits per heavy atom. The molecule has 0 aromatic heterocycles. The Balaban J connectivity index is 0.00000324. The van der Waals surface area contributed by atoms with Crippen molar-refractivity contribution in [3.63, 3.8) is 0 Å². The SMILES string of the molecule is Cc1cc2c(cc1F)NCC(C(=O)Nc1cc(O)c(C3CCCC3)cc1C#CCN(C)C)O2.[HH]. The Morgan fingerprint density at radius 3 is 2.79 bits per heavy atom. The van der Waals surface area contributed by atoms with Crippen molar-refractivity contribution in [1.82, 2.24) is 4.90 Å². The number of aromatic hydroxyl groups is 1. The molecule has 0 spiro atoms. The summed E-state index contributed by atoms with van der Waals surface area (Å²) in [5.74, 6) is 6.51. The van der Waals surface area contributed by atoms with Crippen LogP contribution in [-0.4, -0.2) is 49.2 Å². The Bertz CT molecular complexity index is 1120. The molecule has 6 nitrogen and oxygen atoms in total. The van der Waals surface area contributed by atoms with Crippen molar-refractivity contribution in [2.75, 3.05) is 37.8 Å². The van der Waals surface area contributed by atoms with E-state index in [0.29, 0.717) is 40.7 Å². The molecule has 2 aromatic carbocycles. The number of carbonyl (C=O) groups excluding carboxylic acids is 1. The van der Waals surface area contributed by atoms with Crippen LogP contribution >= 0.6 is 0 Å². The number of ether oxygens (including phenoxy) is 1. The standard InChI is InChI=1S/C26H30FN3O3.H2/c1-16-11-24-22(13-20(16)27)28-15-25(33-24)26(32)29-21-14-23(31)19(17-7-4-5-8-17)12-18(21)9-6-10-30(2)3;/h11-14,17,25,28,31H,4-5,7-8,10,15H2,1-3H3,(H,29,32);1H. The van der Waals surface area contributed by atoms with Crippen molar-refractivity contribution in [3.8, 4) is 23.3 Å². The molecule has 0 radical (unpaired) electrons. The third kappa shape index (κ3) is 5.23. The Kier molecular flexibility index (Phi) is 6.75. The molecule has 1 saturated carbocycles. The predicted octanol–water partition coefficient (Wildman–Crippen LogP) is 4.47. The van der Waals surface area contributed by atoms with Crippen molar-refractivity contribution < 1.29 is 20.5 Å². The van der Waals surface area contributed by atoms with Gasteiger partial charge in [-0.15, -0.1) is 0 Å². The first-order chi connectivity index (χ1) is 15.8. The fraction of sp³-hybridized carbons (Fsp3) is 0.423. The number of hydrogen-bond donors (Lipinski definition) is 3. The van der Waals surface area contributed by atoms with Crippen LogP contribution in [-0.2, 0) is 4.79 Å². The maximum absolute atomic E-state index is 13.8. The van der Waals surface area contributed by atoms with Gasteiger partial charge in [0.1, 0.15) is 17.3 Å². The van der Waals surface area contributed by atoms with E-state index < -0.39 is 6.10 Å². The van der Waals surface area contributed by atoms with E-state index in [4.69, 9.17) is 4.74 Å². The zero-order valence-electron chi connectivity index (χ0n) is 19.3. The molecule has 4 rings (SSSR count). The molecule has 1 unspecified atom stereocenters. The van der Waals surface area contributed by atoms with Crippen molar-refractivity contribution in [2.45, 2.75) is 44.6 Å². The van der Waals surface area contributed by atoms with Crippen molar-refractivity contribution in [1.29, 1.82) is 0 Å². The number of anilines is 2. The third-order valence-electron chi connectivity index (χ3n) is 6.14. The van der Waals surface area contributed by atoms with Gasteiger partial charge >= 0.3 is 0 Å². The van der Waals surface area contributed by atoms with Gasteiger partial charge in [0, 0.05) is 19.1 Å². The molecule has 2 aromatic rings. The Labute approximate surface area is 195 Å². The van der Waals surface area contributed by atoms with Crippen molar-refractivity contribution in [2.24, 2.45) is 0 Å². The molecule has 0 saturated heterocycles. The number of amides is 1. The van der Waals surface area contributed by atoms with E-state index in [0.717, 1.165) is 31.2 Å². The zero-order valence-corrected chi connectivity index (χ0v) is 19.3. The van der Waals surface area contributed by atoms with E-state index in [1.54, 1.807) is 19.1 Å². The van der Waals surface area contributed by atoms with Gasteiger partial charge in [-0.2, -0.15) is 0 Å². The molecule has 1 aliphatic carbocycles. The molecule has 7 heteroatoms. The van der Waals surface area contributed by atoms with Gasteiger partial charge in [-0.1, -0.05) is 24.7 Å². The highest BCUT2D eigenvalue weighted by atomic mass is 19.1. The lowest BCUT2D eigenvalue weighted by Gasteiger charge is -2.27. The summed E-state index contributed by atoms with van der Waals surface area (Å²) in [6.45, 7) is 2.43. The fourth-order valence-electron chi connectivity index (χ4n) is 4.32. The largest absolute Gasteiger partial charge is 0.508 e. The van der Waals surface area contributed by atoms with E-state index >= 15 is 0 Å². The summed E-state index contributed by atoms with van der Waals surface area (Å²) in [7, 11) is 3.88. The lowest BCUT2D eigenvalue weighted by molar-refractivity contribution is -0.122. The van der Waals surface area contributed by atoms with E-state index in [2.05, 4.69) is 22.5 Å². The maximum Gasteiger partial charge on any atom is 0.267 e. The molecular weight excluding hydrogens is 421 g/mol. The summed E-state index contributed by atoms with van der Waals surface area (Å²) in [5.41, 5.74) is 2.99. The summed E-state index contributed by atoms with van der Waals surface area (Å²) in [5, 5.41) is 16.7. The normalized spacial score (nSPS) is 17.5. The number of nitrogens with zero attached hydrogens (tertiary/aromatic N) is 1. The number of hydrogen-bond acceptors (Lipinski definition) is 5. The number of fused-ring (bicyclic) bond motifs is 1. The van der Waals surface area contributed by atoms with E-state index in [1.165, 1.54) is 6.07 Å². The molecule has 0 bridgehead atoms. The van der Waals surface area contributed by atoms with Crippen LogP contribution in [0.3, 0.4) is 0 Å². The number of nitrogens with one attached hydrogen (secondary N) is 2. The quantitative estimate of drug-likeness (QED) is 0.596. The number of halogens is 1. The van der Waals surface area contributed by atoms with E-state index in [9.17, 15) is 14.3 Å². The highest BCUT2D eigenvalue weighted by molar-refractivity contribution is 5.96. The second-order valence-corrected chi connectivity index (χ2v) is 9.05. The van der Waals surface area contributed by atoms with Gasteiger partial charge in [0.15, 0.2) is 6.10 Å². The number of phenolic OH excluding ortho intramolecular Hbond substituents is 1. The first-order valence-corrected chi connectivity index (χ1v) is 11.3. The second-order valence-electron chi connectivity index (χ2n) is 9.05. The van der Waals surface area contributed by atoms with Crippen LogP contribution in [0.5, 0.6) is 11.5 Å². The van der Waals surface area contributed by atoms with E-state index in [1.807, 2.05) is 25.1 Å². The van der Waals surface area contributed by atoms with Crippen LogP contribution in [0, 0.1) is 24.6 Å². The Morgan fingerprint density at radius 2 is 2.06 bits per heavy atom. The predicted molar refractivity (Wildman–Crippen MR) is 130 cm³/mol. The highest BCUT2D eigenvalue weighted by Crippen LogP contribution is 2.40. The molecule has 1 amide bonds. The van der Waals surface area contributed by atoms with Crippen LogP contribution in [0.25, 0.3) is 0 Å². The van der Waals surface area contributed by atoms with Crippen LogP contribution in [0.2, 0.25) is 0 Å². The summed E-state index contributed by atoms with van der Waals surface area (Å²) in [6.07, 6.45) is 3.60. The lowest BCUT2D eigenvalue weighted by atomic mass is 9.94. The van der Waals surface area contributed by atoms with Gasteiger partial charge in [-0.3, -0.25) is 9.69 Å². The summed E-state index contributed by atoms with van der Waals surface area (Å²) < 4.78 is 19.7. The van der Waals surface area contributed by atoms with Gasteiger partial charge in [0.2, 0.25) is 0 Å². The molecule has 1 fully saturated rings. The molecule has 1 aliphatic heterocycles. The summed E-state index contributed by atoms with van der Waals surface area (Å²) in [6, 6.07) is 6.45. The average molecular weight is 454 g/mol. The van der Waals surface area contributed by atoms with Crippen LogP contribution in [0.4, 0.5) is 15.8 Å². The van der Waals surface area contributed by atoms with Crippen molar-refractivity contribution in [3.05, 3.63) is 46.8 Å². The average Bonchev–Trinajstić information content (AvgIpc) is 3.30. The topological polar surface area (TPSA) is 73.8 Å². The molecule has 176 valence electrons. The van der Waals surface area contributed by atoms with Crippen molar-refractivity contribution >= 4 is 17.3 Å². The van der Waals surface area contributed by atoms with Crippen LogP contribution < -0.4 is 15.4 Å². The first-order valence-electron chi connectivity index (χ1n) is 11.3. The summed E-state index contributed by atoms with van der Waals surface area (Å²) in [4.78, 5) is 15.0. The molecule has 2 aliphatic rings. The van der Waals surface area contributed by atoms with Gasteiger partial charge < -0.3 is 20.5 Å². The number of aryl methyl sites for hydroxylation is 1. The smallest absolute Gasteiger partial charge is 0.267 e. The van der Waals surface area contributed by atoms with Gasteiger partial charge in [0.25, 0.3) is 5.91 Å². The number of benzene rings is 2. The molecule has 3 N–H and O–H groups in total. The second kappa shape index (κ2) is 9.72. The Hall–Kier alpha value is -3.24. The third-order valence-corrected chi connectivity index (χ3v) is 6.14.